The average Bonchev–Trinajstić information content (AvgIpc) is 1.84. The molecule has 5 heteroatoms. The van der Waals surface area contributed by atoms with Crippen LogP contribution in [0, 0.1) is 0 Å². The second-order valence-electron chi connectivity index (χ2n) is 2.19. The number of ether oxygens (including phenoxy) is 2. The van der Waals surface area contributed by atoms with E-state index in [4.69, 9.17) is 5.11 Å². The van der Waals surface area contributed by atoms with Gasteiger partial charge in [-0.1, -0.05) is 0 Å². The Kier molecular flexibility index (Phi) is 5.03. The number of esters is 2. The third kappa shape index (κ3) is 7.01. The molecule has 0 saturated carbocycles. The van der Waals surface area contributed by atoms with E-state index in [9.17, 15) is 9.59 Å². The van der Waals surface area contributed by atoms with Gasteiger partial charge in [0.2, 0.25) is 6.29 Å². The van der Waals surface area contributed by atoms with Crippen molar-refractivity contribution in [1.29, 1.82) is 0 Å². The van der Waals surface area contributed by atoms with Crippen LogP contribution in [-0.4, -0.2) is 29.9 Å². The van der Waals surface area contributed by atoms with Gasteiger partial charge in [-0.3, -0.25) is 9.59 Å². The summed E-state index contributed by atoms with van der Waals surface area (Å²) in [4.78, 5) is 20.5. The Hall–Kier alpha value is -1.10. The molecule has 0 fully saturated rings. The van der Waals surface area contributed by atoms with E-state index in [1.165, 1.54) is 13.8 Å². The fourth-order valence-corrected chi connectivity index (χ4v) is 0.554. The van der Waals surface area contributed by atoms with Crippen molar-refractivity contribution in [2.75, 3.05) is 6.61 Å². The van der Waals surface area contributed by atoms with Gasteiger partial charge in [-0.25, -0.2) is 0 Å². The van der Waals surface area contributed by atoms with Crippen LogP contribution in [0.25, 0.3) is 0 Å². The summed E-state index contributed by atoms with van der Waals surface area (Å²) in [6, 6.07) is 0. The van der Waals surface area contributed by atoms with Crippen molar-refractivity contribution in [1.82, 2.24) is 0 Å². The fourth-order valence-electron chi connectivity index (χ4n) is 0.554. The Balaban J connectivity index is 3.37. The predicted molar refractivity (Wildman–Crippen MR) is 39.0 cm³/mol. The van der Waals surface area contributed by atoms with Crippen LogP contribution in [0.4, 0.5) is 0 Å². The van der Waals surface area contributed by atoms with Crippen molar-refractivity contribution in [3.8, 4) is 0 Å². The topological polar surface area (TPSA) is 72.8 Å². The van der Waals surface area contributed by atoms with Gasteiger partial charge >= 0.3 is 11.9 Å². The van der Waals surface area contributed by atoms with Gasteiger partial charge in [-0.2, -0.15) is 0 Å². The molecular weight excluding hydrogens is 164 g/mol. The molecule has 0 spiro atoms. The van der Waals surface area contributed by atoms with E-state index in [2.05, 4.69) is 9.47 Å². The van der Waals surface area contributed by atoms with Crippen LogP contribution in [0.15, 0.2) is 0 Å². The Morgan fingerprint density at radius 2 is 1.92 bits per heavy atom. The lowest BCUT2D eigenvalue weighted by Crippen LogP contribution is -2.18. The van der Waals surface area contributed by atoms with E-state index in [1.54, 1.807) is 0 Å². The highest BCUT2D eigenvalue weighted by molar-refractivity contribution is 5.66. The first-order valence-corrected chi connectivity index (χ1v) is 3.51. The van der Waals surface area contributed by atoms with E-state index in [0.29, 0.717) is 0 Å². The average molecular weight is 176 g/mol. The smallest absolute Gasteiger partial charge is 0.304 e. The zero-order valence-corrected chi connectivity index (χ0v) is 7.07. The number of carbonyl (C=O) groups is 2. The normalized spacial score (nSPS) is 11.9. The molecule has 5 nitrogen and oxygen atoms in total. The lowest BCUT2D eigenvalue weighted by molar-refractivity contribution is -0.168. The van der Waals surface area contributed by atoms with Crippen molar-refractivity contribution >= 4 is 11.9 Å². The third-order valence-corrected chi connectivity index (χ3v) is 0.972. The number of carbonyl (C=O) groups excluding carboxylic acids is 2. The lowest BCUT2D eigenvalue weighted by atomic mass is 10.4. The van der Waals surface area contributed by atoms with Gasteiger partial charge in [0.15, 0.2) is 0 Å². The standard InChI is InChI=1S/C7H12O5/c1-5(8)11-4-3-7(10)12-6(2)9/h7,10H,3-4H2,1-2H3/t7-/m0/s1. The molecule has 0 amide bonds. The molecule has 0 aliphatic heterocycles. The van der Waals surface area contributed by atoms with Crippen molar-refractivity contribution < 1.29 is 24.2 Å². The highest BCUT2D eigenvalue weighted by Crippen LogP contribution is 1.95. The summed E-state index contributed by atoms with van der Waals surface area (Å²) in [7, 11) is 0. The fraction of sp³-hybridized carbons (Fsp3) is 0.714. The molecule has 0 radical (unpaired) electrons. The molecular formula is C7H12O5. The largest absolute Gasteiger partial charge is 0.466 e. The Morgan fingerprint density at radius 3 is 2.33 bits per heavy atom. The van der Waals surface area contributed by atoms with Crippen LogP contribution in [-0.2, 0) is 19.1 Å². The molecule has 0 bridgehead atoms. The molecule has 0 aromatic heterocycles. The van der Waals surface area contributed by atoms with E-state index in [0.717, 1.165) is 0 Å². The molecule has 0 aromatic carbocycles. The van der Waals surface area contributed by atoms with Crippen LogP contribution in [0.1, 0.15) is 20.3 Å². The number of rotatable bonds is 4. The number of hydrogen-bond donors (Lipinski definition) is 1. The summed E-state index contributed by atoms with van der Waals surface area (Å²) in [6.45, 7) is 2.50. The molecule has 12 heavy (non-hydrogen) atoms. The number of aliphatic hydroxyl groups is 1. The van der Waals surface area contributed by atoms with Crippen molar-refractivity contribution in [3.63, 3.8) is 0 Å². The SMILES string of the molecule is CC(=O)OCC[C@@H](O)OC(C)=O. The first-order valence-electron chi connectivity index (χ1n) is 3.51. The first-order chi connectivity index (χ1) is 5.52. The van der Waals surface area contributed by atoms with Crippen LogP contribution in [0.3, 0.4) is 0 Å². The summed E-state index contributed by atoms with van der Waals surface area (Å²) in [5, 5.41) is 8.90. The Labute approximate surface area is 70.3 Å². The minimum absolute atomic E-state index is 0.0454. The van der Waals surface area contributed by atoms with E-state index in [1.807, 2.05) is 0 Å². The minimum atomic E-state index is -1.19. The molecule has 0 aliphatic rings. The van der Waals surface area contributed by atoms with Gasteiger partial charge in [0.25, 0.3) is 0 Å². The third-order valence-electron chi connectivity index (χ3n) is 0.972. The summed E-state index contributed by atoms with van der Waals surface area (Å²) in [5.74, 6) is -0.990. The van der Waals surface area contributed by atoms with Gasteiger partial charge in [-0.05, 0) is 0 Å². The zero-order valence-electron chi connectivity index (χ0n) is 7.07. The molecule has 1 N–H and O–H groups in total. The lowest BCUT2D eigenvalue weighted by Gasteiger charge is -2.09. The highest BCUT2D eigenvalue weighted by Gasteiger charge is 2.07. The van der Waals surface area contributed by atoms with Crippen molar-refractivity contribution in [2.45, 2.75) is 26.6 Å². The maximum Gasteiger partial charge on any atom is 0.304 e. The molecule has 0 heterocycles. The summed E-state index contributed by atoms with van der Waals surface area (Å²) < 4.78 is 8.86. The minimum Gasteiger partial charge on any atom is -0.466 e. The molecule has 0 rings (SSSR count). The van der Waals surface area contributed by atoms with Crippen molar-refractivity contribution in [3.05, 3.63) is 0 Å². The monoisotopic (exact) mass is 176 g/mol. The summed E-state index contributed by atoms with van der Waals surface area (Å²) in [5.41, 5.74) is 0. The Bertz CT molecular complexity index is 165. The molecule has 70 valence electrons. The number of hydrogen-bond acceptors (Lipinski definition) is 5. The van der Waals surface area contributed by atoms with Crippen LogP contribution >= 0.6 is 0 Å². The van der Waals surface area contributed by atoms with Gasteiger partial charge in [0.05, 0.1) is 6.61 Å². The second-order valence-corrected chi connectivity index (χ2v) is 2.19. The molecule has 1 atom stereocenters. The highest BCUT2D eigenvalue weighted by atomic mass is 16.6. The predicted octanol–water partition coefficient (Wildman–Crippen LogP) is -0.179. The summed E-state index contributed by atoms with van der Waals surface area (Å²) in [6.07, 6.45) is -1.10. The first kappa shape index (κ1) is 10.9. The van der Waals surface area contributed by atoms with E-state index >= 15 is 0 Å². The Morgan fingerprint density at radius 1 is 1.33 bits per heavy atom. The van der Waals surface area contributed by atoms with Gasteiger partial charge in [0.1, 0.15) is 0 Å². The molecule has 0 saturated heterocycles. The maximum absolute atomic E-state index is 10.3. The number of aliphatic hydroxyl groups excluding tert-OH is 1. The summed E-state index contributed by atoms with van der Waals surface area (Å²) >= 11 is 0. The van der Waals surface area contributed by atoms with Gasteiger partial charge in [0, 0.05) is 20.3 Å². The van der Waals surface area contributed by atoms with Crippen LogP contribution in [0.5, 0.6) is 0 Å². The second kappa shape index (κ2) is 5.54. The van der Waals surface area contributed by atoms with Crippen LogP contribution < -0.4 is 0 Å². The molecule has 0 aromatic rings. The van der Waals surface area contributed by atoms with Crippen LogP contribution in [0.2, 0.25) is 0 Å². The quantitative estimate of drug-likeness (QED) is 0.475. The maximum atomic E-state index is 10.3. The van der Waals surface area contributed by atoms with E-state index < -0.39 is 18.2 Å². The van der Waals surface area contributed by atoms with Crippen molar-refractivity contribution in [2.24, 2.45) is 0 Å². The van der Waals surface area contributed by atoms with Gasteiger partial charge in [-0.15, -0.1) is 0 Å². The molecule has 0 unspecified atom stereocenters. The zero-order chi connectivity index (χ0) is 9.56. The van der Waals surface area contributed by atoms with Gasteiger partial charge < -0.3 is 14.6 Å². The van der Waals surface area contributed by atoms with E-state index in [-0.39, 0.29) is 13.0 Å². The molecule has 0 aliphatic carbocycles.